The number of hydrogen-bond acceptors (Lipinski definition) is 3. The predicted octanol–water partition coefficient (Wildman–Crippen LogP) is 2.15. The number of nitrogens with zero attached hydrogens (tertiary/aromatic N) is 1. The van der Waals surface area contributed by atoms with E-state index in [1.54, 1.807) is 0 Å². The number of aryl methyl sites for hydroxylation is 1. The normalized spacial score (nSPS) is 11.7. The third-order valence-electron chi connectivity index (χ3n) is 2.24. The van der Waals surface area contributed by atoms with Gasteiger partial charge < -0.3 is 14.6 Å². The van der Waals surface area contributed by atoms with Crippen molar-refractivity contribution in [3.05, 3.63) is 23.2 Å². The predicted molar refractivity (Wildman–Crippen MR) is 62.8 cm³/mol. The van der Waals surface area contributed by atoms with Crippen molar-refractivity contribution in [3.63, 3.8) is 0 Å². The van der Waals surface area contributed by atoms with E-state index in [4.69, 9.17) is 4.42 Å². The van der Waals surface area contributed by atoms with Crippen LogP contribution in [0.2, 0.25) is 0 Å². The first-order valence-electron chi connectivity index (χ1n) is 5.45. The van der Waals surface area contributed by atoms with Gasteiger partial charge in [0.25, 0.3) is 0 Å². The Balaban J connectivity index is 2.60. The van der Waals surface area contributed by atoms with Crippen molar-refractivity contribution in [2.75, 3.05) is 14.1 Å². The Kier molecular flexibility index (Phi) is 4.36. The van der Waals surface area contributed by atoms with E-state index in [0.717, 1.165) is 24.6 Å². The molecule has 0 spiro atoms. The summed E-state index contributed by atoms with van der Waals surface area (Å²) in [7, 11) is 4.14. The van der Waals surface area contributed by atoms with Crippen molar-refractivity contribution < 1.29 is 4.42 Å². The third-order valence-corrected chi connectivity index (χ3v) is 2.24. The summed E-state index contributed by atoms with van der Waals surface area (Å²) in [5.41, 5.74) is 1.28. The highest BCUT2D eigenvalue weighted by atomic mass is 16.3. The van der Waals surface area contributed by atoms with Crippen molar-refractivity contribution >= 4 is 0 Å². The summed E-state index contributed by atoms with van der Waals surface area (Å²) in [6.45, 7) is 8.05. The van der Waals surface area contributed by atoms with Gasteiger partial charge in [0.05, 0.1) is 6.54 Å². The van der Waals surface area contributed by atoms with Crippen LogP contribution in [0, 0.1) is 6.92 Å². The Bertz CT molecular complexity index is 303. The summed E-state index contributed by atoms with van der Waals surface area (Å²) < 4.78 is 5.68. The molecular weight excluding hydrogens is 188 g/mol. The maximum Gasteiger partial charge on any atom is 0.118 e. The van der Waals surface area contributed by atoms with Crippen LogP contribution in [0.1, 0.15) is 30.9 Å². The van der Waals surface area contributed by atoms with E-state index >= 15 is 0 Å². The maximum atomic E-state index is 5.68. The summed E-state index contributed by atoms with van der Waals surface area (Å²) in [5.74, 6) is 2.06. The van der Waals surface area contributed by atoms with Gasteiger partial charge in [-0.15, -0.1) is 0 Å². The molecule has 1 heterocycles. The molecule has 0 saturated carbocycles. The Morgan fingerprint density at radius 1 is 1.40 bits per heavy atom. The fraction of sp³-hybridized carbons (Fsp3) is 0.667. The zero-order chi connectivity index (χ0) is 11.4. The van der Waals surface area contributed by atoms with Crippen molar-refractivity contribution in [3.8, 4) is 0 Å². The first-order chi connectivity index (χ1) is 6.99. The average molecular weight is 210 g/mol. The van der Waals surface area contributed by atoms with E-state index in [2.05, 4.69) is 44.2 Å². The van der Waals surface area contributed by atoms with Crippen LogP contribution in [0.3, 0.4) is 0 Å². The lowest BCUT2D eigenvalue weighted by molar-refractivity contribution is 0.394. The van der Waals surface area contributed by atoms with Gasteiger partial charge in [0.2, 0.25) is 0 Å². The lowest BCUT2D eigenvalue weighted by Crippen LogP contribution is -2.21. The van der Waals surface area contributed by atoms with Gasteiger partial charge in [0, 0.05) is 18.2 Å². The molecule has 86 valence electrons. The average Bonchev–Trinajstić information content (AvgIpc) is 2.43. The van der Waals surface area contributed by atoms with E-state index in [-0.39, 0.29) is 0 Å². The monoisotopic (exact) mass is 210 g/mol. The highest BCUT2D eigenvalue weighted by Gasteiger charge is 2.08. The molecule has 0 amide bonds. The van der Waals surface area contributed by atoms with Gasteiger partial charge in [0.15, 0.2) is 0 Å². The Labute approximate surface area is 92.5 Å². The number of furan rings is 1. The van der Waals surface area contributed by atoms with E-state index < -0.39 is 0 Å². The highest BCUT2D eigenvalue weighted by Crippen LogP contribution is 2.15. The van der Waals surface area contributed by atoms with E-state index in [1.807, 2.05) is 6.92 Å². The molecule has 0 aliphatic carbocycles. The molecule has 0 radical (unpaired) electrons. The highest BCUT2D eigenvalue weighted by molar-refractivity contribution is 5.20. The minimum Gasteiger partial charge on any atom is -0.465 e. The van der Waals surface area contributed by atoms with Gasteiger partial charge in [0.1, 0.15) is 11.5 Å². The van der Waals surface area contributed by atoms with Gasteiger partial charge in [-0.25, -0.2) is 0 Å². The summed E-state index contributed by atoms with van der Waals surface area (Å²) in [6, 6.07) is 2.64. The van der Waals surface area contributed by atoms with Crippen LogP contribution in [-0.4, -0.2) is 25.0 Å². The fourth-order valence-corrected chi connectivity index (χ4v) is 1.48. The van der Waals surface area contributed by atoms with E-state index in [1.165, 1.54) is 5.56 Å². The van der Waals surface area contributed by atoms with E-state index in [0.29, 0.717) is 6.04 Å². The summed E-state index contributed by atoms with van der Waals surface area (Å²) in [4.78, 5) is 2.15. The SMILES string of the molecule is Cc1oc(CNC(C)C)cc1CN(C)C. The molecule has 0 fully saturated rings. The van der Waals surface area contributed by atoms with Gasteiger partial charge in [-0.3, -0.25) is 0 Å². The summed E-state index contributed by atoms with van der Waals surface area (Å²) in [6.07, 6.45) is 0. The van der Waals surface area contributed by atoms with Crippen LogP contribution in [0.5, 0.6) is 0 Å². The first-order valence-corrected chi connectivity index (χ1v) is 5.45. The van der Waals surface area contributed by atoms with Gasteiger partial charge >= 0.3 is 0 Å². The quantitative estimate of drug-likeness (QED) is 0.807. The van der Waals surface area contributed by atoms with Crippen LogP contribution >= 0.6 is 0 Å². The molecule has 1 aromatic heterocycles. The number of rotatable bonds is 5. The molecule has 1 aromatic rings. The number of hydrogen-bond donors (Lipinski definition) is 1. The molecule has 0 aliphatic heterocycles. The second kappa shape index (κ2) is 5.33. The molecule has 1 rings (SSSR count). The lowest BCUT2D eigenvalue weighted by Gasteiger charge is -2.07. The largest absolute Gasteiger partial charge is 0.465 e. The van der Waals surface area contributed by atoms with E-state index in [9.17, 15) is 0 Å². The molecule has 0 aromatic carbocycles. The van der Waals surface area contributed by atoms with Crippen LogP contribution in [0.15, 0.2) is 10.5 Å². The summed E-state index contributed by atoms with van der Waals surface area (Å²) in [5, 5.41) is 3.35. The third kappa shape index (κ3) is 4.06. The Morgan fingerprint density at radius 3 is 2.60 bits per heavy atom. The lowest BCUT2D eigenvalue weighted by atomic mass is 10.2. The molecule has 1 N–H and O–H groups in total. The summed E-state index contributed by atoms with van der Waals surface area (Å²) >= 11 is 0. The molecule has 0 atom stereocenters. The smallest absolute Gasteiger partial charge is 0.118 e. The zero-order valence-corrected chi connectivity index (χ0v) is 10.4. The topological polar surface area (TPSA) is 28.4 Å². The first kappa shape index (κ1) is 12.3. The molecule has 3 nitrogen and oxygen atoms in total. The van der Waals surface area contributed by atoms with Crippen LogP contribution in [0.4, 0.5) is 0 Å². The zero-order valence-electron chi connectivity index (χ0n) is 10.4. The molecule has 3 heteroatoms. The minimum atomic E-state index is 0.493. The van der Waals surface area contributed by atoms with Crippen LogP contribution in [0.25, 0.3) is 0 Å². The number of nitrogens with one attached hydrogen (secondary N) is 1. The maximum absolute atomic E-state index is 5.68. The second-order valence-corrected chi connectivity index (χ2v) is 4.57. The standard InChI is InChI=1S/C12H22N2O/c1-9(2)13-7-12-6-11(8-14(4)5)10(3)15-12/h6,9,13H,7-8H2,1-5H3. The molecule has 15 heavy (non-hydrogen) atoms. The van der Waals surface area contributed by atoms with Crippen LogP contribution < -0.4 is 5.32 Å². The van der Waals surface area contributed by atoms with Gasteiger partial charge in [-0.05, 0) is 27.1 Å². The van der Waals surface area contributed by atoms with Gasteiger partial charge in [-0.1, -0.05) is 13.8 Å². The second-order valence-electron chi connectivity index (χ2n) is 4.57. The molecule has 0 saturated heterocycles. The minimum absolute atomic E-state index is 0.493. The molecule has 0 aliphatic rings. The Morgan fingerprint density at radius 2 is 2.07 bits per heavy atom. The van der Waals surface area contributed by atoms with Crippen molar-refractivity contribution in [2.45, 2.75) is 39.9 Å². The molecule has 0 bridgehead atoms. The van der Waals surface area contributed by atoms with Crippen molar-refractivity contribution in [2.24, 2.45) is 0 Å². The Hall–Kier alpha value is -0.800. The van der Waals surface area contributed by atoms with Crippen LogP contribution in [-0.2, 0) is 13.1 Å². The van der Waals surface area contributed by atoms with Crippen molar-refractivity contribution in [1.82, 2.24) is 10.2 Å². The fourth-order valence-electron chi connectivity index (χ4n) is 1.48. The van der Waals surface area contributed by atoms with Gasteiger partial charge in [-0.2, -0.15) is 0 Å². The molecular formula is C12H22N2O. The molecule has 0 unspecified atom stereocenters. The van der Waals surface area contributed by atoms with Crippen molar-refractivity contribution in [1.29, 1.82) is 0 Å².